The number of allylic oxidation sites excluding steroid dienone is 1. The lowest BCUT2D eigenvalue weighted by molar-refractivity contribution is -0.110. The van der Waals surface area contributed by atoms with E-state index in [1.807, 2.05) is 11.0 Å². The Hall–Kier alpha value is -4.18. The molecule has 3 heterocycles. The van der Waals surface area contributed by atoms with Gasteiger partial charge in [0.25, 0.3) is 5.91 Å². The predicted molar refractivity (Wildman–Crippen MR) is 145 cm³/mol. The quantitative estimate of drug-likeness (QED) is 0.410. The Labute approximate surface area is 219 Å². The highest BCUT2D eigenvalue weighted by Crippen LogP contribution is 2.33. The number of amides is 1. The summed E-state index contributed by atoms with van der Waals surface area (Å²) in [7, 11) is 0. The van der Waals surface area contributed by atoms with E-state index in [0.29, 0.717) is 72.8 Å². The van der Waals surface area contributed by atoms with Crippen LogP contribution in [0.1, 0.15) is 30.5 Å². The third-order valence-electron chi connectivity index (χ3n) is 6.82. The van der Waals surface area contributed by atoms with Crippen LogP contribution in [0.25, 0.3) is 5.70 Å². The molecule has 10 heteroatoms. The van der Waals surface area contributed by atoms with Crippen LogP contribution in [0.5, 0.6) is 0 Å². The molecular weight excluding hydrogens is 488 g/mol. The number of nitrogens with zero attached hydrogens (tertiary/aromatic N) is 4. The van der Waals surface area contributed by atoms with Crippen molar-refractivity contribution in [2.24, 2.45) is 16.6 Å². The van der Waals surface area contributed by atoms with E-state index >= 15 is 0 Å². The van der Waals surface area contributed by atoms with Crippen molar-refractivity contribution in [2.45, 2.75) is 25.8 Å². The highest BCUT2D eigenvalue weighted by molar-refractivity contribution is 6.45. The lowest BCUT2D eigenvalue weighted by Crippen LogP contribution is -2.37. The number of carbonyl (C=O) groups is 1. The molecule has 2 aliphatic heterocycles. The second-order valence-electron chi connectivity index (χ2n) is 9.38. The molecule has 0 unspecified atom stereocenters. The lowest BCUT2D eigenvalue weighted by Gasteiger charge is -2.34. The second-order valence-corrected chi connectivity index (χ2v) is 9.38. The summed E-state index contributed by atoms with van der Waals surface area (Å²) >= 11 is 0. The zero-order chi connectivity index (χ0) is 26.5. The van der Waals surface area contributed by atoms with Crippen molar-refractivity contribution in [3.05, 3.63) is 83.8 Å². The Bertz CT molecular complexity index is 1370. The number of aromatic nitrogens is 2. The van der Waals surface area contributed by atoms with E-state index in [0.717, 1.165) is 18.4 Å². The first-order valence-electron chi connectivity index (χ1n) is 12.6. The van der Waals surface area contributed by atoms with Crippen molar-refractivity contribution in [3.8, 4) is 0 Å². The molecule has 0 saturated carbocycles. The minimum atomic E-state index is -0.386. The number of hydrogen-bond donors (Lipinski definition) is 3. The number of nitrogens with one attached hydrogen (secondary N) is 2. The van der Waals surface area contributed by atoms with Gasteiger partial charge in [-0.2, -0.15) is 0 Å². The summed E-state index contributed by atoms with van der Waals surface area (Å²) in [6, 6.07) is 12.7. The van der Waals surface area contributed by atoms with Crippen LogP contribution >= 0.6 is 0 Å². The number of piperidine rings is 1. The van der Waals surface area contributed by atoms with Crippen molar-refractivity contribution < 1.29 is 13.6 Å². The number of hydrogen-bond acceptors (Lipinski definition) is 7. The van der Waals surface area contributed by atoms with Crippen molar-refractivity contribution >= 4 is 34.5 Å². The highest BCUT2D eigenvalue weighted by Gasteiger charge is 2.25. The third-order valence-corrected chi connectivity index (χ3v) is 6.82. The summed E-state index contributed by atoms with van der Waals surface area (Å²) in [6.07, 6.45) is 5.35. The van der Waals surface area contributed by atoms with E-state index in [4.69, 9.17) is 5.73 Å². The maximum atomic E-state index is 14.9. The number of nitrogens with two attached hydrogens (primary N) is 1. The van der Waals surface area contributed by atoms with Crippen molar-refractivity contribution in [1.29, 1.82) is 0 Å². The molecule has 0 bridgehead atoms. The third kappa shape index (κ3) is 5.86. The van der Waals surface area contributed by atoms with E-state index in [-0.39, 0.29) is 17.5 Å². The van der Waals surface area contributed by atoms with Gasteiger partial charge in [-0.05, 0) is 55.1 Å². The summed E-state index contributed by atoms with van der Waals surface area (Å²) in [5, 5.41) is 6.04. The van der Waals surface area contributed by atoms with Gasteiger partial charge in [-0.25, -0.2) is 23.7 Å². The molecule has 1 fully saturated rings. The first kappa shape index (κ1) is 25.5. The molecule has 1 saturated heterocycles. The van der Waals surface area contributed by atoms with E-state index in [1.165, 1.54) is 24.5 Å². The molecule has 5 rings (SSSR count). The molecule has 3 aromatic rings. The van der Waals surface area contributed by atoms with Gasteiger partial charge in [0.15, 0.2) is 0 Å². The number of anilines is 3. The van der Waals surface area contributed by atoms with Gasteiger partial charge in [0.05, 0.1) is 22.8 Å². The fourth-order valence-electron chi connectivity index (χ4n) is 4.65. The average Bonchev–Trinajstić information content (AvgIpc) is 3.44. The molecule has 2 aromatic carbocycles. The van der Waals surface area contributed by atoms with Crippen molar-refractivity contribution in [3.63, 3.8) is 0 Å². The van der Waals surface area contributed by atoms with Crippen LogP contribution in [-0.2, 0) is 11.3 Å². The molecule has 1 aromatic heterocycles. The van der Waals surface area contributed by atoms with Gasteiger partial charge >= 0.3 is 0 Å². The van der Waals surface area contributed by atoms with Crippen molar-refractivity contribution in [2.75, 3.05) is 35.2 Å². The molecule has 0 aliphatic carbocycles. The zero-order valence-electron chi connectivity index (χ0n) is 20.8. The van der Waals surface area contributed by atoms with Crippen LogP contribution in [0, 0.1) is 17.6 Å². The van der Waals surface area contributed by atoms with Crippen LogP contribution in [0.2, 0.25) is 0 Å². The van der Waals surface area contributed by atoms with E-state index < -0.39 is 0 Å². The second kappa shape index (κ2) is 11.5. The van der Waals surface area contributed by atoms with Gasteiger partial charge in [-0.3, -0.25) is 4.79 Å². The van der Waals surface area contributed by atoms with Crippen LogP contribution < -0.4 is 21.3 Å². The van der Waals surface area contributed by atoms with Crippen LogP contribution in [0.4, 0.5) is 26.0 Å². The zero-order valence-corrected chi connectivity index (χ0v) is 20.8. The minimum absolute atomic E-state index is 0.287. The van der Waals surface area contributed by atoms with Crippen LogP contribution in [0.15, 0.2) is 65.9 Å². The summed E-state index contributed by atoms with van der Waals surface area (Å²) in [6.45, 7) is 2.46. The predicted octanol–water partition coefficient (Wildman–Crippen LogP) is 4.37. The molecule has 196 valence electrons. The number of halogens is 2. The lowest BCUT2D eigenvalue weighted by atomic mass is 9.96. The monoisotopic (exact) mass is 517 g/mol. The normalized spacial score (nSPS) is 15.7. The Morgan fingerprint density at radius 1 is 1.08 bits per heavy atom. The van der Waals surface area contributed by atoms with Gasteiger partial charge in [-0.1, -0.05) is 24.3 Å². The van der Waals surface area contributed by atoms with Gasteiger partial charge in [-0.15, -0.1) is 0 Å². The van der Waals surface area contributed by atoms with E-state index in [1.54, 1.807) is 30.3 Å². The van der Waals surface area contributed by atoms with Crippen LogP contribution in [-0.4, -0.2) is 41.2 Å². The topological polar surface area (TPSA) is 109 Å². The smallest absolute Gasteiger partial charge is 0.270 e. The van der Waals surface area contributed by atoms with E-state index in [9.17, 15) is 13.6 Å². The summed E-state index contributed by atoms with van der Waals surface area (Å²) in [4.78, 5) is 28.1. The number of aliphatic imine (C=N–C) groups is 1. The SMILES string of the molecule is NCC1CCN(c2c(F)cccc2NC(=O)C2=NC(c3cc(NCc4ccc(F)cc4)ncn3)=CC2)CC1. The summed E-state index contributed by atoms with van der Waals surface area (Å²) in [5.74, 6) is -0.0267. The van der Waals surface area contributed by atoms with Gasteiger partial charge < -0.3 is 21.3 Å². The van der Waals surface area contributed by atoms with Crippen molar-refractivity contribution in [1.82, 2.24) is 9.97 Å². The van der Waals surface area contributed by atoms with Gasteiger partial charge in [0.2, 0.25) is 0 Å². The molecule has 1 amide bonds. The van der Waals surface area contributed by atoms with Crippen LogP contribution in [0.3, 0.4) is 0 Å². The molecule has 0 radical (unpaired) electrons. The maximum Gasteiger partial charge on any atom is 0.270 e. The summed E-state index contributed by atoms with van der Waals surface area (Å²) < 4.78 is 28.0. The molecule has 0 atom stereocenters. The largest absolute Gasteiger partial charge is 0.367 e. The molecule has 4 N–H and O–H groups in total. The Kier molecular flexibility index (Phi) is 7.69. The van der Waals surface area contributed by atoms with Gasteiger partial charge in [0.1, 0.15) is 29.5 Å². The summed E-state index contributed by atoms with van der Waals surface area (Å²) in [5.41, 5.74) is 8.97. The highest BCUT2D eigenvalue weighted by atomic mass is 19.1. The molecule has 0 spiro atoms. The fourth-order valence-corrected chi connectivity index (χ4v) is 4.65. The Balaban J connectivity index is 1.25. The number of benzene rings is 2. The van der Waals surface area contributed by atoms with E-state index in [2.05, 4.69) is 25.6 Å². The van der Waals surface area contributed by atoms with Gasteiger partial charge in [0, 0.05) is 32.1 Å². The molecule has 8 nitrogen and oxygen atoms in total. The first-order valence-corrected chi connectivity index (χ1v) is 12.6. The Morgan fingerprint density at radius 3 is 2.63 bits per heavy atom. The maximum absolute atomic E-state index is 14.9. The number of para-hydroxylation sites is 1. The number of carbonyl (C=O) groups excluding carboxylic acids is 1. The first-order chi connectivity index (χ1) is 18.5. The average molecular weight is 518 g/mol. The fraction of sp³-hybridized carbons (Fsp3) is 0.286. The number of rotatable bonds is 8. The molecule has 2 aliphatic rings. The minimum Gasteiger partial charge on any atom is -0.367 e. The standard InChI is InChI=1S/C28H29F2N7O/c29-20-6-4-19(5-7-20)16-32-26-14-25(33-17-34-26)22-8-9-24(35-22)28(38)36-23-3-1-2-21(30)27(23)37-12-10-18(15-31)11-13-37/h1-8,14,17-18H,9-13,15-16,31H2,(H,36,38)(H,32,33,34). The molecular formula is C28H29F2N7O. The Morgan fingerprint density at radius 2 is 1.87 bits per heavy atom. The molecule has 38 heavy (non-hydrogen) atoms.